The molecule has 0 radical (unpaired) electrons. The number of likely N-dealkylation sites (tertiary alicyclic amines) is 1. The lowest BCUT2D eigenvalue weighted by molar-refractivity contribution is -0.132. The molecule has 1 heterocycles. The monoisotopic (exact) mass is 380 g/mol. The summed E-state index contributed by atoms with van der Waals surface area (Å²) in [6.45, 7) is 3.25. The maximum absolute atomic E-state index is 13.3. The van der Waals surface area contributed by atoms with Gasteiger partial charge in [-0.3, -0.25) is 9.59 Å². The van der Waals surface area contributed by atoms with E-state index in [0.29, 0.717) is 38.0 Å². The molecular weight excluding hydrogens is 355 g/mol. The number of halogens is 1. The van der Waals surface area contributed by atoms with Gasteiger partial charge in [-0.1, -0.05) is 42.5 Å². The molecular formula is C23H25FN2O2. The topological polar surface area (TPSA) is 49.4 Å². The van der Waals surface area contributed by atoms with Crippen LogP contribution in [-0.4, -0.2) is 29.8 Å². The van der Waals surface area contributed by atoms with E-state index in [2.05, 4.69) is 5.32 Å². The van der Waals surface area contributed by atoms with Gasteiger partial charge in [-0.2, -0.15) is 0 Å². The number of nitrogens with one attached hydrogen (secondary N) is 1. The van der Waals surface area contributed by atoms with Crippen molar-refractivity contribution in [2.24, 2.45) is 5.92 Å². The highest BCUT2D eigenvalue weighted by Crippen LogP contribution is 2.18. The first kappa shape index (κ1) is 19.8. The Morgan fingerprint density at radius 2 is 1.86 bits per heavy atom. The first-order valence-electron chi connectivity index (χ1n) is 9.57. The maximum atomic E-state index is 13.3. The highest BCUT2D eigenvalue weighted by Gasteiger charge is 2.26. The number of carbonyl (C=O) groups excluding carboxylic acids is 2. The Balaban J connectivity index is 1.45. The molecule has 2 amide bonds. The van der Waals surface area contributed by atoms with Gasteiger partial charge in [-0.15, -0.1) is 0 Å². The number of hydrogen-bond donors (Lipinski definition) is 1. The number of nitrogens with zero attached hydrogens (tertiary/aromatic N) is 1. The Morgan fingerprint density at radius 3 is 2.54 bits per heavy atom. The smallest absolute Gasteiger partial charge is 0.246 e. The third-order valence-electron chi connectivity index (χ3n) is 5.08. The average Bonchev–Trinajstić information content (AvgIpc) is 2.73. The van der Waals surface area contributed by atoms with Crippen LogP contribution in [0.2, 0.25) is 0 Å². The number of benzene rings is 2. The summed E-state index contributed by atoms with van der Waals surface area (Å²) in [7, 11) is 0. The fourth-order valence-corrected chi connectivity index (χ4v) is 3.35. The van der Waals surface area contributed by atoms with Crippen LogP contribution in [-0.2, 0) is 16.1 Å². The molecule has 3 rings (SSSR count). The van der Waals surface area contributed by atoms with Gasteiger partial charge in [0, 0.05) is 31.6 Å². The highest BCUT2D eigenvalue weighted by molar-refractivity contribution is 5.92. The number of rotatable bonds is 5. The van der Waals surface area contributed by atoms with Crippen molar-refractivity contribution in [3.05, 3.63) is 77.1 Å². The molecule has 0 spiro atoms. The van der Waals surface area contributed by atoms with Gasteiger partial charge in [0.25, 0.3) is 0 Å². The minimum Gasteiger partial charge on any atom is -0.352 e. The Hall–Kier alpha value is -2.95. The van der Waals surface area contributed by atoms with Crippen molar-refractivity contribution < 1.29 is 14.0 Å². The molecule has 0 atom stereocenters. The zero-order valence-electron chi connectivity index (χ0n) is 16.0. The number of hydrogen-bond acceptors (Lipinski definition) is 2. The summed E-state index contributed by atoms with van der Waals surface area (Å²) in [5, 5.41) is 2.93. The van der Waals surface area contributed by atoms with Gasteiger partial charge in [0.1, 0.15) is 5.82 Å². The zero-order chi connectivity index (χ0) is 19.9. The number of amides is 2. The van der Waals surface area contributed by atoms with Gasteiger partial charge in [-0.25, -0.2) is 4.39 Å². The Kier molecular flexibility index (Phi) is 6.58. The third-order valence-corrected chi connectivity index (χ3v) is 5.08. The van der Waals surface area contributed by atoms with E-state index in [-0.39, 0.29) is 23.5 Å². The number of carbonyl (C=O) groups is 2. The standard InChI is InChI=1S/C23H25FN2O2/c1-17-15-19(7-9-21(17)24)16-25-23(28)20-11-13-26(14-12-20)22(27)10-8-18-5-3-2-4-6-18/h2-10,15,20H,11-14,16H2,1H3,(H,25,28). The van der Waals surface area contributed by atoms with Gasteiger partial charge in [0.15, 0.2) is 0 Å². The van der Waals surface area contributed by atoms with Crippen molar-refractivity contribution in [2.75, 3.05) is 13.1 Å². The van der Waals surface area contributed by atoms with Crippen LogP contribution in [0.3, 0.4) is 0 Å². The van der Waals surface area contributed by atoms with Crippen LogP contribution in [0.5, 0.6) is 0 Å². The molecule has 1 N–H and O–H groups in total. The van der Waals surface area contributed by atoms with E-state index in [0.717, 1.165) is 11.1 Å². The van der Waals surface area contributed by atoms with E-state index in [1.807, 2.05) is 36.4 Å². The van der Waals surface area contributed by atoms with Crippen LogP contribution in [0, 0.1) is 18.7 Å². The van der Waals surface area contributed by atoms with Crippen molar-refractivity contribution in [2.45, 2.75) is 26.3 Å². The molecule has 0 aromatic heterocycles. The van der Waals surface area contributed by atoms with Crippen molar-refractivity contribution in [1.82, 2.24) is 10.2 Å². The van der Waals surface area contributed by atoms with Crippen LogP contribution in [0.15, 0.2) is 54.6 Å². The lowest BCUT2D eigenvalue weighted by Gasteiger charge is -2.30. The van der Waals surface area contributed by atoms with Crippen LogP contribution in [0.4, 0.5) is 4.39 Å². The van der Waals surface area contributed by atoms with Gasteiger partial charge in [0.2, 0.25) is 11.8 Å². The van der Waals surface area contributed by atoms with Crippen molar-refractivity contribution >= 4 is 17.9 Å². The summed E-state index contributed by atoms with van der Waals surface area (Å²) in [6, 6.07) is 14.5. The molecule has 2 aromatic carbocycles. The molecule has 28 heavy (non-hydrogen) atoms. The average molecular weight is 380 g/mol. The van der Waals surface area contributed by atoms with Gasteiger partial charge < -0.3 is 10.2 Å². The minimum atomic E-state index is -0.242. The minimum absolute atomic E-state index is 0.00564. The third kappa shape index (κ3) is 5.28. The van der Waals surface area contributed by atoms with Gasteiger partial charge >= 0.3 is 0 Å². The zero-order valence-corrected chi connectivity index (χ0v) is 16.0. The van der Waals surface area contributed by atoms with E-state index >= 15 is 0 Å². The molecule has 5 heteroatoms. The highest BCUT2D eigenvalue weighted by atomic mass is 19.1. The Bertz CT molecular complexity index is 856. The first-order chi connectivity index (χ1) is 13.5. The summed E-state index contributed by atoms with van der Waals surface area (Å²) in [5.41, 5.74) is 2.44. The van der Waals surface area contributed by atoms with E-state index in [9.17, 15) is 14.0 Å². The Morgan fingerprint density at radius 1 is 1.14 bits per heavy atom. The lowest BCUT2D eigenvalue weighted by atomic mass is 9.95. The largest absolute Gasteiger partial charge is 0.352 e. The quantitative estimate of drug-likeness (QED) is 0.804. The van der Waals surface area contributed by atoms with E-state index in [1.54, 1.807) is 30.0 Å². The van der Waals surface area contributed by atoms with E-state index in [4.69, 9.17) is 0 Å². The van der Waals surface area contributed by atoms with Gasteiger partial charge in [0.05, 0.1) is 0 Å². The van der Waals surface area contributed by atoms with Crippen LogP contribution in [0.25, 0.3) is 6.08 Å². The summed E-state index contributed by atoms with van der Waals surface area (Å²) in [4.78, 5) is 26.5. The van der Waals surface area contributed by atoms with Crippen LogP contribution >= 0.6 is 0 Å². The second kappa shape index (κ2) is 9.31. The molecule has 1 aliphatic heterocycles. The second-order valence-corrected chi connectivity index (χ2v) is 7.14. The SMILES string of the molecule is Cc1cc(CNC(=O)C2CCN(C(=O)C=Cc3ccccc3)CC2)ccc1F. The van der Waals surface area contributed by atoms with Crippen molar-refractivity contribution in [3.63, 3.8) is 0 Å². The Labute approximate surface area is 165 Å². The molecule has 2 aromatic rings. The van der Waals surface area contributed by atoms with E-state index in [1.165, 1.54) is 6.07 Å². The molecule has 1 fully saturated rings. The van der Waals surface area contributed by atoms with Crippen molar-refractivity contribution in [1.29, 1.82) is 0 Å². The summed E-state index contributed by atoms with van der Waals surface area (Å²) in [6.07, 6.45) is 4.71. The van der Waals surface area contributed by atoms with E-state index < -0.39 is 0 Å². The predicted molar refractivity (Wildman–Crippen MR) is 108 cm³/mol. The van der Waals surface area contributed by atoms with Gasteiger partial charge in [-0.05, 0) is 48.6 Å². The number of piperidine rings is 1. The maximum Gasteiger partial charge on any atom is 0.246 e. The normalized spacial score (nSPS) is 15.0. The lowest BCUT2D eigenvalue weighted by Crippen LogP contribution is -2.42. The molecule has 0 saturated carbocycles. The number of aryl methyl sites for hydroxylation is 1. The summed E-state index contributed by atoms with van der Waals surface area (Å²) in [5.74, 6) is -0.365. The van der Waals surface area contributed by atoms with Crippen molar-refractivity contribution in [3.8, 4) is 0 Å². The fraction of sp³-hybridized carbons (Fsp3) is 0.304. The summed E-state index contributed by atoms with van der Waals surface area (Å²) >= 11 is 0. The molecule has 1 aliphatic rings. The molecule has 146 valence electrons. The fourth-order valence-electron chi connectivity index (χ4n) is 3.35. The molecule has 1 saturated heterocycles. The predicted octanol–water partition coefficient (Wildman–Crippen LogP) is 3.70. The molecule has 0 bridgehead atoms. The second-order valence-electron chi connectivity index (χ2n) is 7.14. The van der Waals surface area contributed by atoms with Crippen LogP contribution in [0.1, 0.15) is 29.5 Å². The molecule has 4 nitrogen and oxygen atoms in total. The molecule has 0 unspecified atom stereocenters. The summed E-state index contributed by atoms with van der Waals surface area (Å²) < 4.78 is 13.3. The first-order valence-corrected chi connectivity index (χ1v) is 9.57. The molecule has 0 aliphatic carbocycles. The van der Waals surface area contributed by atoms with Crippen LogP contribution < -0.4 is 5.32 Å².